The standard InChI is InChI=1S/C45H42BrClO5S/c46-41-24-22-38(53-41)26-37-25-36(21-23-39(37)47)42-44(50-29-34-17-9-3-10-18-34)45(51-30-35-19-11-4-12-20-35)43(49-28-33-15-7-2-8-16-33)40(52-42)31-48-27-32-13-5-1-6-14-32/h1-25,40,42-45H,26-31H2/t40-,42+,43-,44+,45+/m1/s1. The highest BCUT2D eigenvalue weighted by atomic mass is 79.9. The largest absolute Gasteiger partial charge is 0.374 e. The van der Waals surface area contributed by atoms with E-state index in [1.165, 1.54) is 4.88 Å². The van der Waals surface area contributed by atoms with Crippen molar-refractivity contribution in [2.75, 3.05) is 6.61 Å². The summed E-state index contributed by atoms with van der Waals surface area (Å²) in [5.74, 6) is 0. The third kappa shape index (κ3) is 10.5. The van der Waals surface area contributed by atoms with Gasteiger partial charge in [0.15, 0.2) is 0 Å². The fraction of sp³-hybridized carbons (Fsp3) is 0.244. The van der Waals surface area contributed by atoms with Gasteiger partial charge in [0.1, 0.15) is 30.5 Å². The molecule has 1 aliphatic rings. The molecule has 0 saturated carbocycles. The molecule has 0 N–H and O–H groups in total. The Balaban J connectivity index is 1.26. The van der Waals surface area contributed by atoms with E-state index in [1.54, 1.807) is 11.3 Å². The molecule has 8 heteroatoms. The van der Waals surface area contributed by atoms with Crippen LogP contribution < -0.4 is 0 Å². The third-order valence-corrected chi connectivity index (χ3v) is 11.3. The quantitative estimate of drug-likeness (QED) is 0.0974. The number of hydrogen-bond acceptors (Lipinski definition) is 6. The molecule has 2 heterocycles. The monoisotopic (exact) mass is 808 g/mol. The summed E-state index contributed by atoms with van der Waals surface area (Å²) in [6, 6.07) is 51.1. The highest BCUT2D eigenvalue weighted by Gasteiger charge is 2.49. The van der Waals surface area contributed by atoms with Crippen molar-refractivity contribution in [2.24, 2.45) is 0 Å². The minimum atomic E-state index is -0.532. The van der Waals surface area contributed by atoms with Crippen LogP contribution in [0.1, 0.15) is 44.4 Å². The third-order valence-electron chi connectivity index (χ3n) is 9.28. The Labute approximate surface area is 329 Å². The van der Waals surface area contributed by atoms with E-state index in [9.17, 15) is 0 Å². The number of benzene rings is 5. The van der Waals surface area contributed by atoms with E-state index in [0.29, 0.717) is 44.5 Å². The van der Waals surface area contributed by atoms with Crippen molar-refractivity contribution in [1.82, 2.24) is 0 Å². The molecule has 7 rings (SSSR count). The second-order valence-corrected chi connectivity index (χ2v) is 16.1. The van der Waals surface area contributed by atoms with E-state index in [1.807, 2.05) is 84.9 Å². The SMILES string of the molecule is Clc1ccc([C@@H]2O[C@H](COCc3ccccc3)[C@@H](OCc3ccccc3)[C@H](OCc3ccccc3)[C@H]2OCc2ccccc2)cc1Cc1ccc(Br)s1. The molecule has 53 heavy (non-hydrogen) atoms. The van der Waals surface area contributed by atoms with E-state index in [2.05, 4.69) is 82.7 Å². The van der Waals surface area contributed by atoms with Crippen LogP contribution in [0.15, 0.2) is 155 Å². The number of thiophene rings is 1. The summed E-state index contributed by atoms with van der Waals surface area (Å²) < 4.78 is 35.3. The number of rotatable bonds is 16. The van der Waals surface area contributed by atoms with Gasteiger partial charge in [0.2, 0.25) is 0 Å². The summed E-state index contributed by atoms with van der Waals surface area (Å²) in [6.07, 6.45) is -1.84. The minimum Gasteiger partial charge on any atom is -0.374 e. The van der Waals surface area contributed by atoms with Crippen LogP contribution in [0.25, 0.3) is 0 Å². The first kappa shape index (κ1) is 37.7. The number of halogens is 2. The molecule has 5 nitrogen and oxygen atoms in total. The molecule has 1 aliphatic heterocycles. The van der Waals surface area contributed by atoms with Gasteiger partial charge in [-0.2, -0.15) is 0 Å². The Bertz CT molecular complexity index is 1980. The van der Waals surface area contributed by atoms with Crippen molar-refractivity contribution >= 4 is 38.9 Å². The summed E-state index contributed by atoms with van der Waals surface area (Å²) in [6.45, 7) is 1.88. The predicted molar refractivity (Wildman–Crippen MR) is 215 cm³/mol. The van der Waals surface area contributed by atoms with Crippen molar-refractivity contribution in [3.8, 4) is 0 Å². The van der Waals surface area contributed by atoms with Crippen LogP contribution in [0.4, 0.5) is 0 Å². The molecule has 6 aromatic rings. The summed E-state index contributed by atoms with van der Waals surface area (Å²) >= 11 is 12.2. The Morgan fingerprint density at radius 1 is 0.566 bits per heavy atom. The van der Waals surface area contributed by atoms with Gasteiger partial charge in [-0.1, -0.05) is 145 Å². The summed E-state index contributed by atoms with van der Waals surface area (Å²) in [5, 5.41) is 0.708. The molecular formula is C45H42BrClO5S. The predicted octanol–water partition coefficient (Wildman–Crippen LogP) is 11.2. The normalized spacial score (nSPS) is 20.0. The van der Waals surface area contributed by atoms with E-state index >= 15 is 0 Å². The van der Waals surface area contributed by atoms with Crippen LogP contribution in [0.2, 0.25) is 5.02 Å². The molecule has 0 spiro atoms. The van der Waals surface area contributed by atoms with Crippen LogP contribution in [-0.4, -0.2) is 31.0 Å². The molecule has 0 bridgehead atoms. The van der Waals surface area contributed by atoms with Crippen molar-refractivity contribution in [3.05, 3.63) is 199 Å². The molecule has 1 saturated heterocycles. The molecule has 5 atom stereocenters. The first-order chi connectivity index (χ1) is 26.1. The summed E-state index contributed by atoms with van der Waals surface area (Å²) in [4.78, 5) is 1.21. The maximum atomic E-state index is 7.14. The summed E-state index contributed by atoms with van der Waals surface area (Å²) in [5.41, 5.74) is 6.25. The molecule has 0 amide bonds. The van der Waals surface area contributed by atoms with E-state index in [4.69, 9.17) is 35.3 Å². The topological polar surface area (TPSA) is 46.2 Å². The van der Waals surface area contributed by atoms with E-state index in [-0.39, 0.29) is 0 Å². The Hall–Kier alpha value is -3.63. The zero-order chi connectivity index (χ0) is 36.2. The fourth-order valence-corrected chi connectivity index (χ4v) is 8.29. The lowest BCUT2D eigenvalue weighted by atomic mass is 9.89. The zero-order valence-electron chi connectivity index (χ0n) is 29.3. The average Bonchev–Trinajstić information content (AvgIpc) is 3.62. The second kappa shape index (κ2) is 19.1. The van der Waals surface area contributed by atoms with Crippen LogP contribution >= 0.6 is 38.9 Å². The smallest absolute Gasteiger partial charge is 0.117 e. The van der Waals surface area contributed by atoms with Crippen molar-refractivity contribution in [3.63, 3.8) is 0 Å². The lowest BCUT2D eigenvalue weighted by Gasteiger charge is -2.46. The van der Waals surface area contributed by atoms with Crippen LogP contribution in [0.5, 0.6) is 0 Å². The summed E-state index contributed by atoms with van der Waals surface area (Å²) in [7, 11) is 0. The van der Waals surface area contributed by atoms with Crippen molar-refractivity contribution in [1.29, 1.82) is 0 Å². The van der Waals surface area contributed by atoms with Gasteiger partial charge in [-0.05, 0) is 67.5 Å². The minimum absolute atomic E-state index is 0.297. The Kier molecular flexibility index (Phi) is 13.6. The van der Waals surface area contributed by atoms with Gasteiger partial charge in [-0.25, -0.2) is 0 Å². The first-order valence-electron chi connectivity index (χ1n) is 17.9. The van der Waals surface area contributed by atoms with Crippen molar-refractivity contribution in [2.45, 2.75) is 63.4 Å². The van der Waals surface area contributed by atoms with Gasteiger partial charge in [-0.3, -0.25) is 0 Å². The Morgan fingerprint density at radius 3 is 1.60 bits per heavy atom. The van der Waals surface area contributed by atoms with Gasteiger partial charge < -0.3 is 23.7 Å². The van der Waals surface area contributed by atoms with Gasteiger partial charge in [0.05, 0.1) is 36.8 Å². The average molecular weight is 810 g/mol. The zero-order valence-corrected chi connectivity index (χ0v) is 32.4. The molecule has 5 aromatic carbocycles. The second-order valence-electron chi connectivity index (χ2n) is 13.1. The number of ether oxygens (including phenoxy) is 5. The Morgan fingerprint density at radius 2 is 1.08 bits per heavy atom. The van der Waals surface area contributed by atoms with Crippen LogP contribution in [-0.2, 0) is 56.5 Å². The fourth-order valence-electron chi connectivity index (χ4n) is 6.60. The highest BCUT2D eigenvalue weighted by molar-refractivity contribution is 9.11. The van der Waals surface area contributed by atoms with Crippen LogP contribution in [0, 0.1) is 0 Å². The molecule has 1 fully saturated rings. The molecule has 272 valence electrons. The molecular weight excluding hydrogens is 768 g/mol. The van der Waals surface area contributed by atoms with E-state index in [0.717, 1.165) is 37.2 Å². The number of hydrogen-bond donors (Lipinski definition) is 0. The van der Waals surface area contributed by atoms with Crippen LogP contribution in [0.3, 0.4) is 0 Å². The van der Waals surface area contributed by atoms with Gasteiger partial charge in [0, 0.05) is 16.3 Å². The van der Waals surface area contributed by atoms with Gasteiger partial charge in [0.25, 0.3) is 0 Å². The highest BCUT2D eigenvalue weighted by Crippen LogP contribution is 2.40. The van der Waals surface area contributed by atoms with E-state index < -0.39 is 30.5 Å². The lowest BCUT2D eigenvalue weighted by Crippen LogP contribution is -2.58. The van der Waals surface area contributed by atoms with Crippen molar-refractivity contribution < 1.29 is 23.7 Å². The first-order valence-corrected chi connectivity index (χ1v) is 19.8. The molecule has 0 unspecified atom stereocenters. The maximum Gasteiger partial charge on any atom is 0.117 e. The lowest BCUT2D eigenvalue weighted by molar-refractivity contribution is -0.275. The maximum absolute atomic E-state index is 7.14. The van der Waals surface area contributed by atoms with Gasteiger partial charge >= 0.3 is 0 Å². The molecule has 1 aromatic heterocycles. The van der Waals surface area contributed by atoms with Gasteiger partial charge in [-0.15, -0.1) is 11.3 Å². The molecule has 0 aliphatic carbocycles. The molecule has 0 radical (unpaired) electrons.